The van der Waals surface area contributed by atoms with Gasteiger partial charge >= 0.3 is 12.2 Å². The van der Waals surface area contributed by atoms with E-state index in [1.807, 2.05) is 56.0 Å². The number of carbonyl (C=O) groups is 3. The van der Waals surface area contributed by atoms with Crippen molar-refractivity contribution in [2.24, 2.45) is 0 Å². The van der Waals surface area contributed by atoms with Crippen LogP contribution in [0.2, 0.25) is 0 Å². The summed E-state index contributed by atoms with van der Waals surface area (Å²) < 4.78 is 10.8. The third kappa shape index (κ3) is 6.60. The molecule has 170 valence electrons. The molecule has 0 aromatic heterocycles. The van der Waals surface area contributed by atoms with Crippen molar-refractivity contribution in [1.29, 1.82) is 0 Å². The predicted molar refractivity (Wildman–Crippen MR) is 115 cm³/mol. The molecule has 2 aliphatic rings. The van der Waals surface area contributed by atoms with Gasteiger partial charge in [-0.25, -0.2) is 9.59 Å². The van der Waals surface area contributed by atoms with Crippen molar-refractivity contribution in [1.82, 2.24) is 14.7 Å². The smallest absolute Gasteiger partial charge is 0.410 e. The van der Waals surface area contributed by atoms with E-state index in [1.165, 1.54) is 4.90 Å². The molecular formula is C23H33N3O5. The van der Waals surface area contributed by atoms with E-state index in [1.54, 1.807) is 4.90 Å². The predicted octanol–water partition coefficient (Wildman–Crippen LogP) is 3.26. The van der Waals surface area contributed by atoms with Crippen LogP contribution in [0, 0.1) is 0 Å². The normalized spacial score (nSPS) is 18.5. The van der Waals surface area contributed by atoms with Gasteiger partial charge in [0.15, 0.2) is 0 Å². The van der Waals surface area contributed by atoms with Crippen LogP contribution in [0.25, 0.3) is 0 Å². The standard InChI is InChI=1S/C23H33N3O5/c1-23(2,3)31-22(29)25-12-7-13-26(20(27)16-25)19-10-14-24(15-11-19)21(28)30-17-18-8-5-4-6-9-18/h4-6,8-9,19H,7,10-17H2,1-3H3. The van der Waals surface area contributed by atoms with Gasteiger partial charge in [-0.1, -0.05) is 30.3 Å². The molecule has 3 amide bonds. The highest BCUT2D eigenvalue weighted by molar-refractivity contribution is 5.83. The Hall–Kier alpha value is -2.77. The minimum absolute atomic E-state index is 0.0360. The van der Waals surface area contributed by atoms with Gasteiger partial charge in [-0.15, -0.1) is 0 Å². The Morgan fingerprint density at radius 2 is 1.65 bits per heavy atom. The first-order valence-electron chi connectivity index (χ1n) is 11.0. The molecule has 3 rings (SSSR count). The second kappa shape index (κ2) is 10.0. The highest BCUT2D eigenvalue weighted by atomic mass is 16.6. The summed E-state index contributed by atoms with van der Waals surface area (Å²) >= 11 is 0. The molecule has 8 nitrogen and oxygen atoms in total. The summed E-state index contributed by atoms with van der Waals surface area (Å²) in [7, 11) is 0. The average Bonchev–Trinajstić information content (AvgIpc) is 2.93. The highest BCUT2D eigenvalue weighted by Crippen LogP contribution is 2.21. The van der Waals surface area contributed by atoms with Crippen molar-refractivity contribution in [3.05, 3.63) is 35.9 Å². The maximum atomic E-state index is 12.8. The number of nitrogens with zero attached hydrogens (tertiary/aromatic N) is 3. The lowest BCUT2D eigenvalue weighted by Gasteiger charge is -2.37. The van der Waals surface area contributed by atoms with Crippen molar-refractivity contribution in [3.63, 3.8) is 0 Å². The number of benzene rings is 1. The number of rotatable bonds is 3. The molecule has 0 atom stereocenters. The maximum Gasteiger partial charge on any atom is 0.410 e. The zero-order valence-corrected chi connectivity index (χ0v) is 18.7. The highest BCUT2D eigenvalue weighted by Gasteiger charge is 2.34. The zero-order valence-electron chi connectivity index (χ0n) is 18.7. The second-order valence-corrected chi connectivity index (χ2v) is 9.10. The Labute approximate surface area is 184 Å². The fourth-order valence-electron chi connectivity index (χ4n) is 3.93. The number of ether oxygens (including phenoxy) is 2. The van der Waals surface area contributed by atoms with Crippen LogP contribution in [0.1, 0.15) is 45.6 Å². The Morgan fingerprint density at radius 1 is 0.968 bits per heavy atom. The van der Waals surface area contributed by atoms with Gasteiger partial charge < -0.3 is 19.3 Å². The summed E-state index contributed by atoms with van der Waals surface area (Å²) in [5.41, 5.74) is 0.365. The lowest BCUT2D eigenvalue weighted by Crippen LogP contribution is -2.50. The number of hydrogen-bond acceptors (Lipinski definition) is 5. The zero-order chi connectivity index (χ0) is 22.4. The van der Waals surface area contributed by atoms with Gasteiger partial charge in [0.2, 0.25) is 5.91 Å². The number of carbonyl (C=O) groups excluding carboxylic acids is 3. The summed E-state index contributed by atoms with van der Waals surface area (Å²) in [4.78, 5) is 42.6. The topological polar surface area (TPSA) is 79.4 Å². The molecule has 2 heterocycles. The van der Waals surface area contributed by atoms with Crippen LogP contribution in [0.15, 0.2) is 30.3 Å². The Balaban J connectivity index is 1.47. The SMILES string of the molecule is CC(C)(C)OC(=O)N1CCCN(C2CCN(C(=O)OCc3ccccc3)CC2)C(=O)C1. The molecule has 31 heavy (non-hydrogen) atoms. The van der Waals surface area contributed by atoms with E-state index < -0.39 is 11.7 Å². The molecule has 0 spiro atoms. The van der Waals surface area contributed by atoms with Gasteiger partial charge in [-0.2, -0.15) is 0 Å². The molecule has 8 heteroatoms. The van der Waals surface area contributed by atoms with Crippen LogP contribution in [-0.4, -0.2) is 77.2 Å². The molecule has 1 aromatic carbocycles. The number of likely N-dealkylation sites (tertiary alicyclic amines) is 1. The molecule has 2 aliphatic heterocycles. The fourth-order valence-corrected chi connectivity index (χ4v) is 3.93. The molecule has 0 N–H and O–H groups in total. The quantitative estimate of drug-likeness (QED) is 0.734. The fraction of sp³-hybridized carbons (Fsp3) is 0.609. The Bertz CT molecular complexity index is 769. The van der Waals surface area contributed by atoms with Gasteiger partial charge in [0.25, 0.3) is 0 Å². The molecule has 0 aliphatic carbocycles. The first-order valence-corrected chi connectivity index (χ1v) is 11.0. The van der Waals surface area contributed by atoms with E-state index in [-0.39, 0.29) is 31.2 Å². The van der Waals surface area contributed by atoms with Crippen molar-refractivity contribution in [2.45, 2.75) is 58.3 Å². The van der Waals surface area contributed by atoms with E-state index in [2.05, 4.69) is 0 Å². The van der Waals surface area contributed by atoms with Crippen molar-refractivity contribution >= 4 is 18.1 Å². The molecule has 2 saturated heterocycles. The van der Waals surface area contributed by atoms with Crippen LogP contribution >= 0.6 is 0 Å². The summed E-state index contributed by atoms with van der Waals surface area (Å²) in [6.07, 6.45) is 1.36. The van der Waals surface area contributed by atoms with Gasteiger partial charge in [-0.3, -0.25) is 9.69 Å². The third-order valence-electron chi connectivity index (χ3n) is 5.49. The number of hydrogen-bond donors (Lipinski definition) is 0. The van der Waals surface area contributed by atoms with Crippen LogP contribution in [0.5, 0.6) is 0 Å². The molecule has 0 radical (unpaired) electrons. The average molecular weight is 432 g/mol. The lowest BCUT2D eigenvalue weighted by atomic mass is 10.0. The van der Waals surface area contributed by atoms with Crippen LogP contribution < -0.4 is 0 Å². The van der Waals surface area contributed by atoms with Crippen molar-refractivity contribution in [2.75, 3.05) is 32.7 Å². The molecule has 2 fully saturated rings. The van der Waals surface area contributed by atoms with Crippen LogP contribution in [0.3, 0.4) is 0 Å². The van der Waals surface area contributed by atoms with E-state index >= 15 is 0 Å². The Kier molecular flexibility index (Phi) is 7.41. The molecular weight excluding hydrogens is 398 g/mol. The van der Waals surface area contributed by atoms with E-state index in [4.69, 9.17) is 9.47 Å². The monoisotopic (exact) mass is 431 g/mol. The molecule has 1 aromatic rings. The second-order valence-electron chi connectivity index (χ2n) is 9.10. The molecule has 0 saturated carbocycles. The largest absolute Gasteiger partial charge is 0.445 e. The van der Waals surface area contributed by atoms with E-state index in [0.29, 0.717) is 45.4 Å². The Morgan fingerprint density at radius 3 is 2.29 bits per heavy atom. The van der Waals surface area contributed by atoms with Gasteiger partial charge in [0.1, 0.15) is 18.8 Å². The van der Waals surface area contributed by atoms with Gasteiger partial charge in [-0.05, 0) is 45.6 Å². The van der Waals surface area contributed by atoms with Gasteiger partial charge in [0.05, 0.1) is 0 Å². The first-order chi connectivity index (χ1) is 14.7. The maximum absolute atomic E-state index is 12.8. The first kappa shape index (κ1) is 22.9. The minimum atomic E-state index is -0.589. The summed E-state index contributed by atoms with van der Waals surface area (Å²) in [5.74, 6) is -0.0616. The lowest BCUT2D eigenvalue weighted by molar-refractivity contribution is -0.134. The third-order valence-corrected chi connectivity index (χ3v) is 5.49. The number of amides is 3. The molecule has 0 bridgehead atoms. The molecule has 0 unspecified atom stereocenters. The van der Waals surface area contributed by atoms with Crippen molar-refractivity contribution in [3.8, 4) is 0 Å². The summed E-state index contributed by atoms with van der Waals surface area (Å²) in [6.45, 7) is 7.96. The van der Waals surface area contributed by atoms with Crippen LogP contribution in [0.4, 0.5) is 9.59 Å². The minimum Gasteiger partial charge on any atom is -0.445 e. The summed E-state index contributed by atoms with van der Waals surface area (Å²) in [5, 5.41) is 0. The van der Waals surface area contributed by atoms with E-state index in [9.17, 15) is 14.4 Å². The number of piperidine rings is 1. The van der Waals surface area contributed by atoms with Crippen molar-refractivity contribution < 1.29 is 23.9 Å². The summed E-state index contributed by atoms with van der Waals surface area (Å²) in [6, 6.07) is 9.67. The van der Waals surface area contributed by atoms with Gasteiger partial charge in [0, 0.05) is 32.2 Å². The van der Waals surface area contributed by atoms with Crippen LogP contribution in [-0.2, 0) is 20.9 Å². The van der Waals surface area contributed by atoms with E-state index in [0.717, 1.165) is 5.56 Å².